The van der Waals surface area contributed by atoms with Crippen molar-refractivity contribution in [2.24, 2.45) is 0 Å². The van der Waals surface area contributed by atoms with E-state index in [2.05, 4.69) is 0 Å². The second kappa shape index (κ2) is 5.70. The van der Waals surface area contributed by atoms with Crippen molar-refractivity contribution in [2.45, 2.75) is 18.6 Å². The minimum atomic E-state index is -0.817. The smallest absolute Gasteiger partial charge is 0.259 e. The van der Waals surface area contributed by atoms with Crippen LogP contribution >= 0.6 is 11.6 Å². The molecule has 2 aromatic rings. The Kier molecular flexibility index (Phi) is 3.88. The van der Waals surface area contributed by atoms with Gasteiger partial charge in [-0.15, -0.1) is 0 Å². The maximum atomic E-state index is 14.0. The Hall–Kier alpha value is -1.92. The third kappa shape index (κ3) is 2.60. The van der Waals surface area contributed by atoms with Crippen molar-refractivity contribution in [2.75, 3.05) is 6.54 Å². The van der Waals surface area contributed by atoms with Gasteiger partial charge in [0.2, 0.25) is 5.22 Å². The van der Waals surface area contributed by atoms with Crippen LogP contribution in [0.5, 0.6) is 0 Å². The van der Waals surface area contributed by atoms with Gasteiger partial charge in [-0.25, -0.2) is 8.78 Å². The van der Waals surface area contributed by atoms with Crippen molar-refractivity contribution in [3.05, 3.63) is 58.5 Å². The van der Waals surface area contributed by atoms with Crippen LogP contribution in [0.2, 0.25) is 5.22 Å². The Morgan fingerprint density at radius 2 is 2.14 bits per heavy atom. The highest BCUT2D eigenvalue weighted by Crippen LogP contribution is 2.36. The van der Waals surface area contributed by atoms with Crippen molar-refractivity contribution in [1.82, 2.24) is 4.90 Å². The fourth-order valence-corrected chi connectivity index (χ4v) is 2.90. The van der Waals surface area contributed by atoms with Crippen molar-refractivity contribution < 1.29 is 23.1 Å². The van der Waals surface area contributed by atoms with Gasteiger partial charge < -0.3 is 14.4 Å². The molecule has 0 spiro atoms. The number of amides is 1. The van der Waals surface area contributed by atoms with E-state index in [0.717, 1.165) is 18.2 Å². The summed E-state index contributed by atoms with van der Waals surface area (Å²) >= 11 is 5.79. The van der Waals surface area contributed by atoms with E-state index in [-0.39, 0.29) is 29.3 Å². The van der Waals surface area contributed by atoms with Crippen LogP contribution in [0.25, 0.3) is 0 Å². The highest BCUT2D eigenvalue weighted by molar-refractivity contribution is 6.32. The van der Waals surface area contributed by atoms with E-state index in [9.17, 15) is 18.7 Å². The summed E-state index contributed by atoms with van der Waals surface area (Å²) in [6.07, 6.45) is 0.573. The molecular weight excluding hydrogens is 316 g/mol. The molecule has 1 aromatic heterocycles. The first-order valence-electron chi connectivity index (χ1n) is 6.64. The van der Waals surface area contributed by atoms with Crippen LogP contribution in [-0.2, 0) is 0 Å². The second-order valence-electron chi connectivity index (χ2n) is 5.14. The number of β-amino-alcohol motifs (C(OH)–C–C–N with tert-alkyl or cyclic N) is 1. The lowest BCUT2D eigenvalue weighted by Crippen LogP contribution is -2.32. The quantitative estimate of drug-likeness (QED) is 0.922. The average Bonchev–Trinajstić information content (AvgIpc) is 3.07. The zero-order valence-corrected chi connectivity index (χ0v) is 12.1. The number of furan rings is 1. The Bertz CT molecular complexity index is 719. The molecule has 22 heavy (non-hydrogen) atoms. The molecule has 1 N–H and O–H groups in total. The number of carbonyl (C=O) groups excluding carboxylic acids is 1. The number of benzene rings is 1. The Balaban J connectivity index is 1.98. The molecule has 0 bridgehead atoms. The van der Waals surface area contributed by atoms with Gasteiger partial charge in [0, 0.05) is 12.1 Å². The summed E-state index contributed by atoms with van der Waals surface area (Å²) in [5.74, 6) is -1.73. The van der Waals surface area contributed by atoms with Gasteiger partial charge in [0.25, 0.3) is 5.91 Å². The number of nitrogens with zero attached hydrogens (tertiary/aromatic N) is 1. The highest BCUT2D eigenvalue weighted by atomic mass is 35.5. The molecule has 3 rings (SSSR count). The van der Waals surface area contributed by atoms with Gasteiger partial charge in [-0.05, 0) is 42.3 Å². The summed E-state index contributed by atoms with van der Waals surface area (Å²) in [5.41, 5.74) is 0.155. The maximum Gasteiger partial charge on any atom is 0.259 e. The number of likely N-dealkylation sites (tertiary alicyclic amines) is 1. The van der Waals surface area contributed by atoms with Crippen molar-refractivity contribution in [1.29, 1.82) is 0 Å². The van der Waals surface area contributed by atoms with Crippen LogP contribution in [0, 0.1) is 11.6 Å². The molecule has 2 unspecified atom stereocenters. The Morgan fingerprint density at radius 3 is 2.82 bits per heavy atom. The lowest BCUT2D eigenvalue weighted by Gasteiger charge is -2.24. The van der Waals surface area contributed by atoms with E-state index in [1.807, 2.05) is 0 Å². The van der Waals surface area contributed by atoms with E-state index in [4.69, 9.17) is 16.0 Å². The van der Waals surface area contributed by atoms with Crippen molar-refractivity contribution in [3.63, 3.8) is 0 Å². The van der Waals surface area contributed by atoms with E-state index < -0.39 is 29.7 Å². The number of aliphatic hydroxyl groups excluding tert-OH is 1. The Morgan fingerprint density at radius 1 is 1.36 bits per heavy atom. The minimum Gasteiger partial charge on any atom is -0.452 e. The van der Waals surface area contributed by atoms with Gasteiger partial charge in [0.1, 0.15) is 11.6 Å². The summed E-state index contributed by atoms with van der Waals surface area (Å²) in [5, 5.41) is 9.76. The number of carbonyl (C=O) groups is 1. The van der Waals surface area contributed by atoms with Gasteiger partial charge in [-0.3, -0.25) is 4.79 Å². The average molecular weight is 328 g/mol. The summed E-state index contributed by atoms with van der Waals surface area (Å²) in [6.45, 7) is 0.0148. The monoisotopic (exact) mass is 327 g/mol. The standard InChI is InChI=1S/C15H12ClF2NO3/c16-14-10(3-4-22-14)15(21)19-7-9(20)6-13(19)11-5-8(17)1-2-12(11)18/h1-5,9,13,20H,6-7H2. The van der Waals surface area contributed by atoms with Crippen LogP contribution in [0.3, 0.4) is 0 Å². The molecule has 0 saturated carbocycles. The van der Waals surface area contributed by atoms with Gasteiger partial charge in [0.05, 0.1) is 24.0 Å². The first-order chi connectivity index (χ1) is 10.5. The molecule has 1 amide bonds. The second-order valence-corrected chi connectivity index (χ2v) is 5.48. The number of rotatable bonds is 2. The van der Waals surface area contributed by atoms with Crippen molar-refractivity contribution in [3.8, 4) is 0 Å². The van der Waals surface area contributed by atoms with Gasteiger partial charge in [-0.1, -0.05) is 0 Å². The minimum absolute atomic E-state index is 0.0148. The van der Waals surface area contributed by atoms with Crippen LogP contribution < -0.4 is 0 Å². The number of aliphatic hydroxyl groups is 1. The molecule has 2 heterocycles. The fourth-order valence-electron chi connectivity index (χ4n) is 2.70. The predicted octanol–water partition coefficient (Wildman–Crippen LogP) is 3.16. The SMILES string of the molecule is O=C(c1ccoc1Cl)N1CC(O)CC1c1cc(F)ccc1F. The van der Waals surface area contributed by atoms with Crippen LogP contribution in [-0.4, -0.2) is 28.6 Å². The molecule has 2 atom stereocenters. The number of hydrogen-bond acceptors (Lipinski definition) is 3. The molecule has 7 heteroatoms. The van der Waals surface area contributed by atoms with Crippen LogP contribution in [0.15, 0.2) is 34.9 Å². The largest absolute Gasteiger partial charge is 0.452 e. The number of halogens is 3. The first-order valence-corrected chi connectivity index (χ1v) is 7.02. The highest BCUT2D eigenvalue weighted by Gasteiger charge is 2.38. The predicted molar refractivity (Wildman–Crippen MR) is 74.5 cm³/mol. The van der Waals surface area contributed by atoms with E-state index in [1.165, 1.54) is 17.2 Å². The van der Waals surface area contributed by atoms with Gasteiger partial charge in [-0.2, -0.15) is 0 Å². The summed E-state index contributed by atoms with van der Waals surface area (Å²) in [6, 6.07) is 3.68. The lowest BCUT2D eigenvalue weighted by molar-refractivity contribution is 0.0713. The normalized spacial score (nSPS) is 21.4. The Labute approximate surface area is 129 Å². The molecule has 0 aliphatic carbocycles. The zero-order chi connectivity index (χ0) is 15.9. The van der Waals surface area contributed by atoms with E-state index in [0.29, 0.717) is 0 Å². The van der Waals surface area contributed by atoms with Gasteiger partial charge >= 0.3 is 0 Å². The molecule has 1 fully saturated rings. The lowest BCUT2D eigenvalue weighted by atomic mass is 10.0. The van der Waals surface area contributed by atoms with Crippen LogP contribution in [0.1, 0.15) is 28.4 Å². The topological polar surface area (TPSA) is 53.7 Å². The molecule has 1 saturated heterocycles. The molecule has 1 aromatic carbocycles. The van der Waals surface area contributed by atoms with E-state index in [1.54, 1.807) is 0 Å². The zero-order valence-electron chi connectivity index (χ0n) is 11.3. The van der Waals surface area contributed by atoms with Crippen molar-refractivity contribution >= 4 is 17.5 Å². The molecule has 1 aliphatic rings. The van der Waals surface area contributed by atoms with Crippen LogP contribution in [0.4, 0.5) is 8.78 Å². The maximum absolute atomic E-state index is 14.0. The number of hydrogen-bond donors (Lipinski definition) is 1. The summed E-state index contributed by atoms with van der Waals surface area (Å²) in [7, 11) is 0. The molecule has 116 valence electrons. The fraction of sp³-hybridized carbons (Fsp3) is 0.267. The summed E-state index contributed by atoms with van der Waals surface area (Å²) in [4.78, 5) is 13.8. The molecule has 0 radical (unpaired) electrons. The molecule has 4 nitrogen and oxygen atoms in total. The van der Waals surface area contributed by atoms with E-state index >= 15 is 0 Å². The van der Waals surface area contributed by atoms with Gasteiger partial charge in [0.15, 0.2) is 0 Å². The third-order valence-corrected chi connectivity index (χ3v) is 4.00. The molecular formula is C15H12ClF2NO3. The first kappa shape index (κ1) is 15.0. The summed E-state index contributed by atoms with van der Waals surface area (Å²) < 4.78 is 32.2. The third-order valence-electron chi connectivity index (χ3n) is 3.71. The molecule has 1 aliphatic heterocycles.